The summed E-state index contributed by atoms with van der Waals surface area (Å²) < 4.78 is 0. The van der Waals surface area contributed by atoms with Crippen molar-refractivity contribution in [2.24, 2.45) is 5.92 Å². The summed E-state index contributed by atoms with van der Waals surface area (Å²) in [6.45, 7) is 3.47. The predicted molar refractivity (Wildman–Crippen MR) is 92.8 cm³/mol. The van der Waals surface area contributed by atoms with Gasteiger partial charge in [-0.15, -0.1) is 12.4 Å². The van der Waals surface area contributed by atoms with Crippen LogP contribution in [0.4, 0.5) is 0 Å². The molecule has 1 N–H and O–H groups in total. The van der Waals surface area contributed by atoms with Gasteiger partial charge < -0.3 is 10.2 Å². The van der Waals surface area contributed by atoms with Gasteiger partial charge >= 0.3 is 0 Å². The summed E-state index contributed by atoms with van der Waals surface area (Å²) >= 11 is 0. The Bertz CT molecular complexity index is 570. The zero-order valence-electron chi connectivity index (χ0n) is 13.3. The largest absolute Gasteiger partial charge is 0.339 e. The van der Waals surface area contributed by atoms with Gasteiger partial charge in [-0.1, -0.05) is 18.2 Å². The Labute approximate surface area is 144 Å². The van der Waals surface area contributed by atoms with Crippen LogP contribution in [-0.4, -0.2) is 37.0 Å². The number of hydrogen-bond donors (Lipinski definition) is 1. The summed E-state index contributed by atoms with van der Waals surface area (Å²) in [5.74, 6) is 0.743. The van der Waals surface area contributed by atoms with E-state index in [1.807, 2.05) is 23.1 Å². The molecule has 0 radical (unpaired) electrons. The second-order valence-corrected chi connectivity index (χ2v) is 6.31. The number of amides is 1. The van der Waals surface area contributed by atoms with Crippen molar-refractivity contribution in [2.75, 3.05) is 26.2 Å². The van der Waals surface area contributed by atoms with Gasteiger partial charge in [-0.05, 0) is 56.3 Å². The molecule has 1 amide bonds. The molecule has 0 bridgehead atoms. The average Bonchev–Trinajstić information content (AvgIpc) is 2.62. The van der Waals surface area contributed by atoms with Crippen LogP contribution in [0.15, 0.2) is 24.3 Å². The molecule has 5 heteroatoms. The van der Waals surface area contributed by atoms with E-state index in [0.717, 1.165) is 44.3 Å². The van der Waals surface area contributed by atoms with Gasteiger partial charge in [-0.25, -0.2) is 0 Å². The molecule has 2 saturated heterocycles. The van der Waals surface area contributed by atoms with Gasteiger partial charge in [0, 0.05) is 24.6 Å². The molecule has 23 heavy (non-hydrogen) atoms. The Balaban J connectivity index is 0.00000192. The minimum atomic E-state index is 0. The van der Waals surface area contributed by atoms with Crippen molar-refractivity contribution in [3.05, 3.63) is 35.4 Å². The first-order valence-electron chi connectivity index (χ1n) is 8.28. The number of rotatable bonds is 2. The van der Waals surface area contributed by atoms with Crippen LogP contribution in [0.5, 0.6) is 0 Å². The Hall–Kier alpha value is -1.57. The molecule has 0 aliphatic carbocycles. The van der Waals surface area contributed by atoms with E-state index >= 15 is 0 Å². The van der Waals surface area contributed by atoms with Gasteiger partial charge in [0.25, 0.3) is 5.91 Å². The lowest BCUT2D eigenvalue weighted by Crippen LogP contribution is -2.39. The number of nitrogens with zero attached hydrogens (tertiary/aromatic N) is 2. The van der Waals surface area contributed by atoms with Crippen molar-refractivity contribution in [2.45, 2.75) is 31.6 Å². The van der Waals surface area contributed by atoms with E-state index in [1.165, 1.54) is 5.56 Å². The zero-order valence-corrected chi connectivity index (χ0v) is 14.1. The number of likely N-dealkylation sites (tertiary alicyclic amines) is 1. The average molecular weight is 334 g/mol. The number of halogens is 1. The van der Waals surface area contributed by atoms with E-state index < -0.39 is 0 Å². The van der Waals surface area contributed by atoms with Crippen molar-refractivity contribution in [3.63, 3.8) is 0 Å². The molecular formula is C18H24ClN3O. The molecule has 0 saturated carbocycles. The topological polar surface area (TPSA) is 56.1 Å². The van der Waals surface area contributed by atoms with E-state index in [-0.39, 0.29) is 24.2 Å². The van der Waals surface area contributed by atoms with Crippen LogP contribution in [0.2, 0.25) is 0 Å². The molecule has 2 heterocycles. The molecule has 2 aliphatic rings. The summed E-state index contributed by atoms with van der Waals surface area (Å²) in [4.78, 5) is 14.8. The molecule has 0 unspecified atom stereocenters. The number of piperidine rings is 2. The highest BCUT2D eigenvalue weighted by atomic mass is 35.5. The molecule has 0 aromatic heterocycles. The number of benzene rings is 1. The highest BCUT2D eigenvalue weighted by Crippen LogP contribution is 2.29. The third-order valence-corrected chi connectivity index (χ3v) is 4.93. The smallest absolute Gasteiger partial charge is 0.254 e. The summed E-state index contributed by atoms with van der Waals surface area (Å²) in [6.07, 6.45) is 3.80. The van der Waals surface area contributed by atoms with Crippen LogP contribution < -0.4 is 5.32 Å². The maximum Gasteiger partial charge on any atom is 0.254 e. The van der Waals surface area contributed by atoms with Crippen molar-refractivity contribution in [1.29, 1.82) is 5.26 Å². The van der Waals surface area contributed by atoms with Crippen molar-refractivity contribution < 1.29 is 4.79 Å². The highest BCUT2D eigenvalue weighted by molar-refractivity contribution is 5.96. The molecule has 124 valence electrons. The lowest BCUT2D eigenvalue weighted by molar-refractivity contribution is 0.0705. The number of nitriles is 1. The van der Waals surface area contributed by atoms with E-state index in [4.69, 9.17) is 5.26 Å². The maximum absolute atomic E-state index is 12.9. The zero-order chi connectivity index (χ0) is 15.4. The Morgan fingerprint density at radius 2 is 1.78 bits per heavy atom. The first-order valence-corrected chi connectivity index (χ1v) is 8.28. The minimum Gasteiger partial charge on any atom is -0.339 e. The van der Waals surface area contributed by atoms with E-state index in [1.54, 1.807) is 0 Å². The van der Waals surface area contributed by atoms with Crippen LogP contribution in [-0.2, 0) is 0 Å². The summed E-state index contributed by atoms with van der Waals surface area (Å²) in [5, 5.41) is 12.4. The highest BCUT2D eigenvalue weighted by Gasteiger charge is 2.27. The van der Waals surface area contributed by atoms with Crippen LogP contribution in [0.25, 0.3) is 0 Å². The molecule has 2 aliphatic heterocycles. The number of carbonyl (C=O) groups is 1. The first kappa shape index (κ1) is 17.8. The third kappa shape index (κ3) is 4.04. The second kappa shape index (κ2) is 8.33. The number of carbonyl (C=O) groups excluding carboxylic acids is 1. The lowest BCUT2D eigenvalue weighted by atomic mass is 9.86. The molecule has 0 atom stereocenters. The van der Waals surface area contributed by atoms with E-state index in [2.05, 4.69) is 17.5 Å². The number of hydrogen-bond acceptors (Lipinski definition) is 3. The van der Waals surface area contributed by atoms with Crippen molar-refractivity contribution in [3.8, 4) is 6.07 Å². The summed E-state index contributed by atoms with van der Waals surface area (Å²) in [5.41, 5.74) is 2.07. The van der Waals surface area contributed by atoms with Gasteiger partial charge in [-0.3, -0.25) is 4.79 Å². The Morgan fingerprint density at radius 1 is 1.13 bits per heavy atom. The fourth-order valence-corrected chi connectivity index (χ4v) is 3.56. The quantitative estimate of drug-likeness (QED) is 0.905. The molecule has 1 aromatic rings. The van der Waals surface area contributed by atoms with Crippen LogP contribution in [0, 0.1) is 17.2 Å². The standard InChI is InChI=1S/C18H23N3O.ClH/c19-13-14-7-11-21(12-8-14)18(22)17-4-2-1-3-16(17)15-5-9-20-10-6-15;/h1-4,14-15,20H,5-12H2;1H. The van der Waals surface area contributed by atoms with E-state index in [0.29, 0.717) is 19.0 Å². The van der Waals surface area contributed by atoms with Crippen LogP contribution >= 0.6 is 12.4 Å². The van der Waals surface area contributed by atoms with Crippen LogP contribution in [0.1, 0.15) is 47.5 Å². The van der Waals surface area contributed by atoms with Gasteiger partial charge in [0.2, 0.25) is 0 Å². The molecule has 1 aromatic carbocycles. The predicted octanol–water partition coefficient (Wildman–Crippen LogP) is 2.95. The Morgan fingerprint density at radius 3 is 2.43 bits per heavy atom. The lowest BCUT2D eigenvalue weighted by Gasteiger charge is -2.31. The molecule has 3 rings (SSSR count). The third-order valence-electron chi connectivity index (χ3n) is 4.93. The monoisotopic (exact) mass is 333 g/mol. The summed E-state index contributed by atoms with van der Waals surface area (Å²) in [6, 6.07) is 10.4. The summed E-state index contributed by atoms with van der Waals surface area (Å²) in [7, 11) is 0. The fourth-order valence-electron chi connectivity index (χ4n) is 3.56. The van der Waals surface area contributed by atoms with Crippen molar-refractivity contribution >= 4 is 18.3 Å². The molecule has 0 spiro atoms. The Kier molecular flexibility index (Phi) is 6.44. The molecular weight excluding hydrogens is 310 g/mol. The van der Waals surface area contributed by atoms with Crippen molar-refractivity contribution in [1.82, 2.24) is 10.2 Å². The van der Waals surface area contributed by atoms with E-state index in [9.17, 15) is 4.79 Å². The molecule has 2 fully saturated rings. The van der Waals surface area contributed by atoms with Crippen LogP contribution in [0.3, 0.4) is 0 Å². The van der Waals surface area contributed by atoms with Gasteiger partial charge in [0.1, 0.15) is 0 Å². The SMILES string of the molecule is Cl.N#CC1CCN(C(=O)c2ccccc2C2CCNCC2)CC1. The van der Waals surface area contributed by atoms with Gasteiger partial charge in [-0.2, -0.15) is 5.26 Å². The normalized spacial score (nSPS) is 19.7. The van der Waals surface area contributed by atoms with Gasteiger partial charge in [0.05, 0.1) is 6.07 Å². The number of nitrogens with one attached hydrogen (secondary N) is 1. The second-order valence-electron chi connectivity index (χ2n) is 6.31. The van der Waals surface area contributed by atoms with Gasteiger partial charge in [0.15, 0.2) is 0 Å². The molecule has 4 nitrogen and oxygen atoms in total. The minimum absolute atomic E-state index is 0. The first-order chi connectivity index (χ1) is 10.8. The fraction of sp³-hybridized carbons (Fsp3) is 0.556. The maximum atomic E-state index is 12.9.